The van der Waals surface area contributed by atoms with Crippen molar-refractivity contribution in [2.45, 2.75) is 13.3 Å². The molecule has 0 bridgehead atoms. The highest BCUT2D eigenvalue weighted by atomic mass is 35.5. The first-order valence-electron chi connectivity index (χ1n) is 5.36. The fraction of sp³-hybridized carbons (Fsp3) is 0.417. The van der Waals surface area contributed by atoms with Gasteiger partial charge in [-0.2, -0.15) is 0 Å². The van der Waals surface area contributed by atoms with Crippen molar-refractivity contribution in [2.75, 3.05) is 19.0 Å². The van der Waals surface area contributed by atoms with Gasteiger partial charge in [0.25, 0.3) is 12.3 Å². The van der Waals surface area contributed by atoms with E-state index in [2.05, 4.69) is 0 Å². The lowest BCUT2D eigenvalue weighted by atomic mass is 10.1. The average Bonchev–Trinajstić information content (AvgIpc) is 2.31. The van der Waals surface area contributed by atoms with Crippen molar-refractivity contribution < 1.29 is 13.6 Å². The van der Waals surface area contributed by atoms with Gasteiger partial charge in [0.15, 0.2) is 0 Å². The lowest BCUT2D eigenvalue weighted by Gasteiger charge is -2.22. The molecule has 1 amide bonds. The summed E-state index contributed by atoms with van der Waals surface area (Å²) in [5, 5.41) is 0.434. The number of benzene rings is 1. The van der Waals surface area contributed by atoms with Crippen molar-refractivity contribution in [3.05, 3.63) is 34.3 Å². The molecule has 0 aromatic heterocycles. The van der Waals surface area contributed by atoms with Gasteiger partial charge in [0, 0.05) is 23.0 Å². The van der Waals surface area contributed by atoms with Crippen molar-refractivity contribution in [1.82, 2.24) is 4.90 Å². The molecule has 0 N–H and O–H groups in total. The number of amides is 1. The highest BCUT2D eigenvalue weighted by Crippen LogP contribution is 2.20. The second-order valence-corrected chi connectivity index (χ2v) is 4.53. The third kappa shape index (κ3) is 3.82. The first-order chi connectivity index (χ1) is 8.47. The van der Waals surface area contributed by atoms with Crippen molar-refractivity contribution in [3.63, 3.8) is 0 Å². The summed E-state index contributed by atoms with van der Waals surface area (Å²) >= 11 is 11.4. The van der Waals surface area contributed by atoms with Crippen molar-refractivity contribution in [1.29, 1.82) is 0 Å². The quantitative estimate of drug-likeness (QED) is 0.760. The monoisotopic (exact) mass is 295 g/mol. The summed E-state index contributed by atoms with van der Waals surface area (Å²) in [5.74, 6) is -0.367. The normalized spacial score (nSPS) is 10.8. The molecule has 1 aromatic rings. The second-order valence-electron chi connectivity index (χ2n) is 3.74. The standard InChI is InChI=1S/C12H13Cl2F2NO/c1-8-9(3-2-4-10(8)14)12(18)17(6-5-13)7-11(15)16/h2-4,11H,5-7H2,1H3. The Bertz CT molecular complexity index is 427. The minimum absolute atomic E-state index is 0.0800. The molecule has 2 nitrogen and oxygen atoms in total. The summed E-state index contributed by atoms with van der Waals surface area (Å²) in [5.41, 5.74) is 0.909. The largest absolute Gasteiger partial charge is 0.332 e. The van der Waals surface area contributed by atoms with Crippen LogP contribution in [0.2, 0.25) is 5.02 Å². The van der Waals surface area contributed by atoms with Gasteiger partial charge in [0.2, 0.25) is 0 Å². The Kier molecular flexibility index (Phi) is 5.82. The van der Waals surface area contributed by atoms with Gasteiger partial charge in [-0.05, 0) is 24.6 Å². The minimum Gasteiger partial charge on any atom is -0.332 e. The number of carbonyl (C=O) groups is 1. The Morgan fingerprint density at radius 2 is 2.11 bits per heavy atom. The van der Waals surface area contributed by atoms with E-state index < -0.39 is 18.9 Å². The molecule has 0 aliphatic carbocycles. The lowest BCUT2D eigenvalue weighted by Crippen LogP contribution is -2.37. The van der Waals surface area contributed by atoms with Crippen molar-refractivity contribution in [2.24, 2.45) is 0 Å². The van der Waals surface area contributed by atoms with E-state index in [0.29, 0.717) is 16.1 Å². The fourth-order valence-corrected chi connectivity index (χ4v) is 1.93. The fourth-order valence-electron chi connectivity index (χ4n) is 1.55. The molecule has 0 unspecified atom stereocenters. The van der Waals surface area contributed by atoms with Crippen LogP contribution in [0.4, 0.5) is 8.78 Å². The van der Waals surface area contributed by atoms with Gasteiger partial charge < -0.3 is 4.90 Å². The van der Waals surface area contributed by atoms with E-state index in [1.165, 1.54) is 0 Å². The van der Waals surface area contributed by atoms with Crippen LogP contribution in [0.3, 0.4) is 0 Å². The first kappa shape index (κ1) is 15.2. The Morgan fingerprint density at radius 1 is 1.44 bits per heavy atom. The molecule has 0 heterocycles. The zero-order valence-electron chi connectivity index (χ0n) is 9.80. The Morgan fingerprint density at radius 3 is 2.67 bits per heavy atom. The van der Waals surface area contributed by atoms with Gasteiger partial charge in [0.05, 0.1) is 6.54 Å². The van der Waals surface area contributed by atoms with Crippen LogP contribution in [-0.2, 0) is 0 Å². The van der Waals surface area contributed by atoms with Gasteiger partial charge in [0.1, 0.15) is 0 Å². The molecular formula is C12H13Cl2F2NO. The smallest absolute Gasteiger partial charge is 0.255 e. The molecule has 0 atom stereocenters. The highest BCUT2D eigenvalue weighted by Gasteiger charge is 2.21. The van der Waals surface area contributed by atoms with E-state index >= 15 is 0 Å². The molecule has 1 aromatic carbocycles. The zero-order chi connectivity index (χ0) is 13.7. The maximum Gasteiger partial charge on any atom is 0.255 e. The number of hydrogen-bond donors (Lipinski definition) is 0. The third-order valence-corrected chi connectivity index (χ3v) is 3.08. The summed E-state index contributed by atoms with van der Waals surface area (Å²) in [7, 11) is 0. The van der Waals surface area contributed by atoms with Crippen molar-refractivity contribution >= 4 is 29.1 Å². The third-order valence-electron chi connectivity index (χ3n) is 2.50. The topological polar surface area (TPSA) is 20.3 Å². The molecule has 100 valence electrons. The molecule has 0 spiro atoms. The van der Waals surface area contributed by atoms with E-state index in [-0.39, 0.29) is 12.4 Å². The van der Waals surface area contributed by atoms with Crippen LogP contribution in [0.25, 0.3) is 0 Å². The van der Waals surface area contributed by atoms with Gasteiger partial charge in [-0.25, -0.2) is 8.78 Å². The van der Waals surface area contributed by atoms with E-state index in [9.17, 15) is 13.6 Å². The lowest BCUT2D eigenvalue weighted by molar-refractivity contribution is 0.0570. The summed E-state index contributed by atoms with van der Waals surface area (Å²) in [6, 6.07) is 4.83. The summed E-state index contributed by atoms with van der Waals surface area (Å²) in [6.07, 6.45) is -2.59. The number of carbonyl (C=O) groups excluding carboxylic acids is 1. The molecule has 0 saturated heterocycles. The Balaban J connectivity index is 2.98. The second kappa shape index (κ2) is 6.90. The average molecular weight is 296 g/mol. The summed E-state index contributed by atoms with van der Waals surface area (Å²) in [4.78, 5) is 13.2. The van der Waals surface area contributed by atoms with Crippen molar-refractivity contribution in [3.8, 4) is 0 Å². The number of alkyl halides is 3. The van der Waals surface area contributed by atoms with Crippen LogP contribution in [0, 0.1) is 6.92 Å². The molecule has 0 fully saturated rings. The van der Waals surface area contributed by atoms with E-state index in [1.54, 1.807) is 25.1 Å². The molecular weight excluding hydrogens is 283 g/mol. The van der Waals surface area contributed by atoms with Gasteiger partial charge in [-0.1, -0.05) is 17.7 Å². The molecule has 18 heavy (non-hydrogen) atoms. The van der Waals surface area contributed by atoms with Crippen LogP contribution in [-0.4, -0.2) is 36.2 Å². The van der Waals surface area contributed by atoms with E-state index in [1.807, 2.05) is 0 Å². The minimum atomic E-state index is -2.59. The van der Waals surface area contributed by atoms with Gasteiger partial charge in [-0.15, -0.1) is 11.6 Å². The van der Waals surface area contributed by atoms with Gasteiger partial charge >= 0.3 is 0 Å². The van der Waals surface area contributed by atoms with Crippen LogP contribution in [0.5, 0.6) is 0 Å². The number of hydrogen-bond acceptors (Lipinski definition) is 1. The van der Waals surface area contributed by atoms with Crippen LogP contribution >= 0.6 is 23.2 Å². The zero-order valence-corrected chi connectivity index (χ0v) is 11.3. The number of nitrogens with zero attached hydrogens (tertiary/aromatic N) is 1. The highest BCUT2D eigenvalue weighted by molar-refractivity contribution is 6.31. The van der Waals surface area contributed by atoms with Gasteiger partial charge in [-0.3, -0.25) is 4.79 Å². The van der Waals surface area contributed by atoms with E-state index in [4.69, 9.17) is 23.2 Å². The maximum absolute atomic E-state index is 12.4. The SMILES string of the molecule is Cc1c(Cl)cccc1C(=O)N(CCCl)CC(F)F. The Labute approximate surface area is 114 Å². The Hall–Kier alpha value is -0.870. The van der Waals surface area contributed by atoms with Crippen LogP contribution in [0.1, 0.15) is 15.9 Å². The maximum atomic E-state index is 12.4. The number of rotatable bonds is 5. The predicted octanol–water partition coefficient (Wildman–Crippen LogP) is 3.59. The number of halogens is 4. The molecule has 0 aliphatic heterocycles. The molecule has 1 rings (SSSR count). The summed E-state index contributed by atoms with van der Waals surface area (Å²) in [6.45, 7) is 1.13. The molecule has 0 aliphatic rings. The molecule has 0 radical (unpaired) electrons. The van der Waals surface area contributed by atoms with Crippen LogP contribution < -0.4 is 0 Å². The summed E-state index contributed by atoms with van der Waals surface area (Å²) < 4.78 is 24.8. The molecule has 6 heteroatoms. The van der Waals surface area contributed by atoms with Crippen LogP contribution in [0.15, 0.2) is 18.2 Å². The predicted molar refractivity (Wildman–Crippen MR) is 68.8 cm³/mol. The first-order valence-corrected chi connectivity index (χ1v) is 6.27. The van der Waals surface area contributed by atoms with E-state index in [0.717, 1.165) is 4.90 Å². The molecule has 0 saturated carbocycles.